The van der Waals surface area contributed by atoms with Gasteiger partial charge in [0.25, 0.3) is 0 Å². The minimum Gasteiger partial charge on any atom is -0.383 e. The van der Waals surface area contributed by atoms with E-state index in [1.54, 1.807) is 7.11 Å². The average Bonchev–Trinajstić information content (AvgIpc) is 3.18. The van der Waals surface area contributed by atoms with Crippen molar-refractivity contribution in [2.75, 3.05) is 46.4 Å². The quantitative estimate of drug-likeness (QED) is 0.686. The Labute approximate surface area is 169 Å². The topological polar surface area (TPSA) is 62.6 Å². The number of carbonyl (C=O) groups is 1. The number of methoxy groups -OCH3 is 1. The summed E-state index contributed by atoms with van der Waals surface area (Å²) in [5, 5.41) is 7.47. The summed E-state index contributed by atoms with van der Waals surface area (Å²) >= 11 is 0. The van der Waals surface area contributed by atoms with Gasteiger partial charge >= 0.3 is 0 Å². The minimum absolute atomic E-state index is 0.130. The number of hydrogen-bond donors (Lipinski definition) is 1. The Balaban J connectivity index is 1.43. The van der Waals surface area contributed by atoms with Crippen LogP contribution in [-0.2, 0) is 16.1 Å². The Hall–Kier alpha value is -1.44. The Bertz CT molecular complexity index is 610. The van der Waals surface area contributed by atoms with Gasteiger partial charge in [-0.15, -0.1) is 0 Å². The lowest BCUT2D eigenvalue weighted by Gasteiger charge is -2.42. The Morgan fingerprint density at radius 2 is 2.07 bits per heavy atom. The molecular formula is C21H37N5O2. The molecule has 0 unspecified atom stereocenters. The summed E-state index contributed by atoms with van der Waals surface area (Å²) in [7, 11) is 1.66. The molecule has 1 N–H and O–H groups in total. The van der Waals surface area contributed by atoms with Crippen molar-refractivity contribution < 1.29 is 9.53 Å². The summed E-state index contributed by atoms with van der Waals surface area (Å²) in [6.07, 6.45) is 8.69. The van der Waals surface area contributed by atoms with Crippen LogP contribution in [0.25, 0.3) is 0 Å². The van der Waals surface area contributed by atoms with Gasteiger partial charge in [0.2, 0.25) is 5.91 Å². The monoisotopic (exact) mass is 391 g/mol. The number of nitrogens with one attached hydrogen (secondary N) is 1. The number of nitrogens with zero attached hydrogens (tertiary/aromatic N) is 4. The molecule has 2 fully saturated rings. The van der Waals surface area contributed by atoms with Gasteiger partial charge in [0, 0.05) is 50.6 Å². The van der Waals surface area contributed by atoms with E-state index in [0.717, 1.165) is 45.6 Å². The molecule has 0 aliphatic carbocycles. The maximum atomic E-state index is 12.4. The van der Waals surface area contributed by atoms with Gasteiger partial charge in [-0.3, -0.25) is 19.3 Å². The summed E-state index contributed by atoms with van der Waals surface area (Å²) in [5.41, 5.74) is 1.30. The second-order valence-electron chi connectivity index (χ2n) is 8.55. The van der Waals surface area contributed by atoms with Crippen LogP contribution in [0.1, 0.15) is 51.1 Å². The molecule has 28 heavy (non-hydrogen) atoms. The number of aromatic nitrogens is 2. The van der Waals surface area contributed by atoms with Crippen LogP contribution in [0.5, 0.6) is 0 Å². The first-order valence-corrected chi connectivity index (χ1v) is 10.8. The molecule has 2 aliphatic rings. The zero-order valence-corrected chi connectivity index (χ0v) is 17.8. The first-order valence-electron chi connectivity index (χ1n) is 10.8. The van der Waals surface area contributed by atoms with E-state index in [4.69, 9.17) is 4.74 Å². The van der Waals surface area contributed by atoms with Crippen LogP contribution in [0.15, 0.2) is 12.4 Å². The van der Waals surface area contributed by atoms with Crippen molar-refractivity contribution in [3.63, 3.8) is 0 Å². The number of hydrogen-bond acceptors (Lipinski definition) is 5. The van der Waals surface area contributed by atoms with Crippen molar-refractivity contribution in [3.8, 4) is 0 Å². The van der Waals surface area contributed by atoms with Crippen LogP contribution >= 0.6 is 0 Å². The van der Waals surface area contributed by atoms with Crippen LogP contribution in [0.2, 0.25) is 0 Å². The van der Waals surface area contributed by atoms with Crippen molar-refractivity contribution in [1.82, 2.24) is 24.9 Å². The van der Waals surface area contributed by atoms with E-state index < -0.39 is 0 Å². The van der Waals surface area contributed by atoms with Crippen molar-refractivity contribution in [3.05, 3.63) is 18.0 Å². The summed E-state index contributed by atoms with van der Waals surface area (Å²) < 4.78 is 7.06. The van der Waals surface area contributed by atoms with Crippen molar-refractivity contribution in [1.29, 1.82) is 0 Å². The highest BCUT2D eigenvalue weighted by molar-refractivity contribution is 5.78. The number of likely N-dealkylation sites (tertiary alicyclic amines) is 2. The normalized spacial score (nSPS) is 22.6. The van der Waals surface area contributed by atoms with Gasteiger partial charge in [-0.25, -0.2) is 0 Å². The molecule has 3 heterocycles. The third kappa shape index (κ3) is 5.78. The molecule has 7 nitrogen and oxygen atoms in total. The van der Waals surface area contributed by atoms with Gasteiger partial charge in [-0.05, 0) is 59.2 Å². The molecule has 2 saturated heterocycles. The lowest BCUT2D eigenvalue weighted by molar-refractivity contribution is -0.127. The fourth-order valence-corrected chi connectivity index (χ4v) is 4.41. The highest BCUT2D eigenvalue weighted by Crippen LogP contribution is 2.24. The molecule has 1 aromatic heterocycles. The second-order valence-corrected chi connectivity index (χ2v) is 8.55. The first kappa shape index (κ1) is 21.3. The lowest BCUT2D eigenvalue weighted by Crippen LogP contribution is -2.50. The third-order valence-corrected chi connectivity index (χ3v) is 6.09. The van der Waals surface area contributed by atoms with E-state index in [9.17, 15) is 4.79 Å². The smallest absolute Gasteiger partial charge is 0.224 e. The fraction of sp³-hybridized carbons (Fsp3) is 0.810. The summed E-state index contributed by atoms with van der Waals surface area (Å²) in [6.45, 7) is 10.8. The Morgan fingerprint density at radius 1 is 1.29 bits per heavy atom. The van der Waals surface area contributed by atoms with Gasteiger partial charge < -0.3 is 10.1 Å². The standard InChI is InChI=1S/C21H37N5O2/c1-17(2)26-15-18(13-23-26)14-24-10-6-20(7-11-24)25-9-4-5-19(16-25)21(27)22-8-12-28-3/h13,15,17,19-20H,4-12,14,16H2,1-3H3,(H,22,27)/t19-/m0/s1. The van der Waals surface area contributed by atoms with Crippen molar-refractivity contribution in [2.24, 2.45) is 5.92 Å². The number of rotatable bonds is 8. The molecular weight excluding hydrogens is 354 g/mol. The summed E-state index contributed by atoms with van der Waals surface area (Å²) in [4.78, 5) is 17.5. The van der Waals surface area contributed by atoms with Crippen LogP contribution in [-0.4, -0.2) is 78.0 Å². The molecule has 0 radical (unpaired) electrons. The van der Waals surface area contributed by atoms with Gasteiger partial charge in [-0.1, -0.05) is 0 Å². The number of carbonyl (C=O) groups excluding carboxylic acids is 1. The number of piperidine rings is 2. The molecule has 3 rings (SSSR count). The molecule has 0 aromatic carbocycles. The maximum Gasteiger partial charge on any atom is 0.224 e. The first-order chi connectivity index (χ1) is 13.6. The third-order valence-electron chi connectivity index (χ3n) is 6.09. The predicted octanol–water partition coefficient (Wildman–Crippen LogP) is 1.90. The largest absolute Gasteiger partial charge is 0.383 e. The zero-order chi connectivity index (χ0) is 19.9. The second kappa shape index (κ2) is 10.4. The molecule has 0 bridgehead atoms. The highest BCUT2D eigenvalue weighted by atomic mass is 16.5. The van der Waals surface area contributed by atoms with Crippen LogP contribution < -0.4 is 5.32 Å². The van der Waals surface area contributed by atoms with Gasteiger partial charge in [-0.2, -0.15) is 5.10 Å². The van der Waals surface area contributed by atoms with Crippen molar-refractivity contribution >= 4 is 5.91 Å². The zero-order valence-electron chi connectivity index (χ0n) is 17.8. The fourth-order valence-electron chi connectivity index (χ4n) is 4.41. The van der Waals surface area contributed by atoms with Crippen LogP contribution in [0, 0.1) is 5.92 Å². The Kier molecular flexibility index (Phi) is 7.88. The van der Waals surface area contributed by atoms with Gasteiger partial charge in [0.05, 0.1) is 18.7 Å². The maximum absolute atomic E-state index is 12.4. The number of amides is 1. The molecule has 7 heteroatoms. The van der Waals surface area contributed by atoms with Gasteiger partial charge in [0.15, 0.2) is 0 Å². The Morgan fingerprint density at radius 3 is 2.75 bits per heavy atom. The van der Waals surface area contributed by atoms with E-state index in [0.29, 0.717) is 25.2 Å². The molecule has 2 aliphatic heterocycles. The van der Waals surface area contributed by atoms with Crippen LogP contribution in [0.4, 0.5) is 0 Å². The molecule has 1 atom stereocenters. The molecule has 158 valence electrons. The van der Waals surface area contributed by atoms with E-state index in [-0.39, 0.29) is 11.8 Å². The molecule has 1 amide bonds. The lowest BCUT2D eigenvalue weighted by atomic mass is 9.93. The summed E-state index contributed by atoms with van der Waals surface area (Å²) in [5.74, 6) is 0.326. The SMILES string of the molecule is COCCNC(=O)[C@H]1CCCN(C2CCN(Cc3cnn(C(C)C)c3)CC2)C1. The van der Waals surface area contributed by atoms with E-state index in [1.807, 2.05) is 10.9 Å². The summed E-state index contributed by atoms with van der Waals surface area (Å²) in [6, 6.07) is 1.03. The molecule has 1 aromatic rings. The molecule has 0 saturated carbocycles. The van der Waals surface area contributed by atoms with E-state index >= 15 is 0 Å². The predicted molar refractivity (Wildman–Crippen MR) is 110 cm³/mol. The molecule has 0 spiro atoms. The minimum atomic E-state index is 0.130. The van der Waals surface area contributed by atoms with E-state index in [2.05, 4.69) is 40.3 Å². The van der Waals surface area contributed by atoms with Gasteiger partial charge in [0.1, 0.15) is 0 Å². The average molecular weight is 392 g/mol. The van der Waals surface area contributed by atoms with E-state index in [1.165, 1.54) is 18.4 Å². The van der Waals surface area contributed by atoms with Crippen LogP contribution in [0.3, 0.4) is 0 Å². The van der Waals surface area contributed by atoms with Crippen molar-refractivity contribution in [2.45, 2.75) is 58.2 Å². The number of ether oxygens (including phenoxy) is 1. The highest BCUT2D eigenvalue weighted by Gasteiger charge is 2.31.